The van der Waals surface area contributed by atoms with E-state index < -0.39 is 0 Å². The summed E-state index contributed by atoms with van der Waals surface area (Å²) in [5.41, 5.74) is 0. The lowest BCUT2D eigenvalue weighted by Crippen LogP contribution is -1.86. The summed E-state index contributed by atoms with van der Waals surface area (Å²) < 4.78 is 0. The highest BCUT2D eigenvalue weighted by Crippen LogP contribution is 2.09. The van der Waals surface area contributed by atoms with Crippen molar-refractivity contribution in [2.24, 2.45) is 0 Å². The number of carbonyl (C=O) groups excluding carboxylic acids is 1. The van der Waals surface area contributed by atoms with Gasteiger partial charge < -0.3 is 0 Å². The Hall–Kier alpha value is -0.560. The van der Waals surface area contributed by atoms with Crippen LogP contribution in [0.25, 0.3) is 0 Å². The minimum atomic E-state index is -0.195. The molecule has 0 unspecified atom stereocenters. The smallest absolute Gasteiger partial charge is 0.221 e. The summed E-state index contributed by atoms with van der Waals surface area (Å²) in [4.78, 5) is 10.5. The predicted octanol–water partition coefficient (Wildman–Crippen LogP) is 6.57. The minimum Gasteiger partial charge on any atom is -0.281 e. The highest BCUT2D eigenvalue weighted by molar-refractivity contribution is 6.63. The van der Waals surface area contributed by atoms with Crippen molar-refractivity contribution < 1.29 is 4.79 Å². The van der Waals surface area contributed by atoms with Crippen molar-refractivity contribution in [2.75, 3.05) is 0 Å². The number of rotatable bonds is 14. The quantitative estimate of drug-likeness (QED) is 0.201. The lowest BCUT2D eigenvalue weighted by atomic mass is 10.1. The van der Waals surface area contributed by atoms with Crippen molar-refractivity contribution in [2.45, 2.75) is 84.0 Å². The van der Waals surface area contributed by atoms with Gasteiger partial charge in [-0.3, -0.25) is 4.79 Å². The van der Waals surface area contributed by atoms with Gasteiger partial charge in [0.2, 0.25) is 5.24 Å². The van der Waals surface area contributed by atoms with Gasteiger partial charge in [0.1, 0.15) is 0 Å². The topological polar surface area (TPSA) is 17.1 Å². The van der Waals surface area contributed by atoms with Gasteiger partial charge in [0.05, 0.1) is 0 Å². The molecule has 0 N–H and O–H groups in total. The summed E-state index contributed by atoms with van der Waals surface area (Å²) in [7, 11) is 0. The molecule has 0 bridgehead atoms. The van der Waals surface area contributed by atoms with Crippen molar-refractivity contribution in [1.82, 2.24) is 0 Å². The van der Waals surface area contributed by atoms with Crippen molar-refractivity contribution in [3.05, 3.63) is 24.3 Å². The number of allylic oxidation sites excluding steroid dienone is 4. The van der Waals surface area contributed by atoms with Crippen LogP contribution in [0.2, 0.25) is 0 Å². The van der Waals surface area contributed by atoms with Gasteiger partial charge in [-0.25, -0.2) is 0 Å². The second kappa shape index (κ2) is 16.5. The van der Waals surface area contributed by atoms with E-state index in [0.29, 0.717) is 6.42 Å². The Morgan fingerprint density at radius 1 is 0.800 bits per heavy atom. The fourth-order valence-corrected chi connectivity index (χ4v) is 2.20. The van der Waals surface area contributed by atoms with Crippen molar-refractivity contribution in [3.8, 4) is 0 Å². The van der Waals surface area contributed by atoms with Crippen molar-refractivity contribution in [1.29, 1.82) is 0 Å². The van der Waals surface area contributed by atoms with Gasteiger partial charge >= 0.3 is 0 Å². The first kappa shape index (κ1) is 19.4. The van der Waals surface area contributed by atoms with E-state index in [9.17, 15) is 4.79 Å². The fraction of sp³-hybridized carbons (Fsp3) is 0.722. The van der Waals surface area contributed by atoms with Gasteiger partial charge in [-0.1, -0.05) is 69.8 Å². The predicted molar refractivity (Wildman–Crippen MR) is 90.2 cm³/mol. The normalized spacial score (nSPS) is 11.7. The Morgan fingerprint density at radius 3 is 1.95 bits per heavy atom. The van der Waals surface area contributed by atoms with E-state index in [1.807, 2.05) is 0 Å². The lowest BCUT2D eigenvalue weighted by molar-refractivity contribution is -0.111. The molecule has 0 aromatic carbocycles. The molecule has 0 amide bonds. The summed E-state index contributed by atoms with van der Waals surface area (Å²) in [6, 6.07) is 0. The van der Waals surface area contributed by atoms with Crippen LogP contribution in [0.1, 0.15) is 84.0 Å². The van der Waals surface area contributed by atoms with Crippen LogP contribution in [0.3, 0.4) is 0 Å². The number of hydrogen-bond donors (Lipinski definition) is 0. The van der Waals surface area contributed by atoms with Crippen molar-refractivity contribution >= 4 is 16.8 Å². The maximum absolute atomic E-state index is 10.5. The molecule has 0 aliphatic heterocycles. The largest absolute Gasteiger partial charge is 0.281 e. The molecule has 0 spiro atoms. The molecular weight excluding hydrogens is 268 g/mol. The highest BCUT2D eigenvalue weighted by Gasteiger charge is 1.95. The average Bonchev–Trinajstić information content (AvgIpc) is 2.43. The number of halogens is 1. The zero-order chi connectivity index (χ0) is 14.9. The Morgan fingerprint density at radius 2 is 1.35 bits per heavy atom. The number of hydrogen-bond acceptors (Lipinski definition) is 1. The van der Waals surface area contributed by atoms with Gasteiger partial charge in [-0.2, -0.15) is 0 Å². The molecular formula is C18H31ClO. The molecule has 0 aliphatic rings. The number of carbonyl (C=O) groups is 1. The second-order valence-electron chi connectivity index (χ2n) is 5.34. The molecule has 0 saturated carbocycles. The van der Waals surface area contributed by atoms with Crippen LogP contribution < -0.4 is 0 Å². The first-order chi connectivity index (χ1) is 9.77. The Bertz CT molecular complexity index is 269. The van der Waals surface area contributed by atoms with E-state index in [1.54, 1.807) is 0 Å². The van der Waals surface area contributed by atoms with Gasteiger partial charge in [-0.05, 0) is 43.7 Å². The van der Waals surface area contributed by atoms with E-state index >= 15 is 0 Å². The zero-order valence-electron chi connectivity index (χ0n) is 13.1. The van der Waals surface area contributed by atoms with Crippen LogP contribution in [-0.4, -0.2) is 5.24 Å². The number of unbranched alkanes of at least 4 members (excludes halogenated alkanes) is 8. The van der Waals surface area contributed by atoms with Crippen LogP contribution in [0.5, 0.6) is 0 Å². The van der Waals surface area contributed by atoms with E-state index in [-0.39, 0.29) is 5.24 Å². The Kier molecular flexibility index (Phi) is 16.0. The molecule has 1 nitrogen and oxygen atoms in total. The average molecular weight is 299 g/mol. The van der Waals surface area contributed by atoms with Gasteiger partial charge in [0.15, 0.2) is 0 Å². The van der Waals surface area contributed by atoms with Crippen LogP contribution in [-0.2, 0) is 4.79 Å². The summed E-state index contributed by atoms with van der Waals surface area (Å²) in [6.45, 7) is 2.23. The molecule has 0 saturated heterocycles. The van der Waals surface area contributed by atoms with E-state index in [4.69, 9.17) is 11.6 Å². The monoisotopic (exact) mass is 298 g/mol. The van der Waals surface area contributed by atoms with E-state index in [2.05, 4.69) is 31.2 Å². The summed E-state index contributed by atoms with van der Waals surface area (Å²) >= 11 is 5.28. The van der Waals surface area contributed by atoms with Crippen LogP contribution in [0, 0.1) is 0 Å². The standard InChI is InChI=1S/C18H31ClO/c1-2-3-4-5-6-7-8-9-10-11-12-13-14-15-16-17-18(19)20/h5-6,8-9H,2-4,7,10-17H2,1H3/b6-5+,9-8+. The maximum atomic E-state index is 10.5. The zero-order valence-corrected chi connectivity index (χ0v) is 13.8. The first-order valence-electron chi connectivity index (χ1n) is 8.25. The molecule has 0 heterocycles. The molecule has 0 fully saturated rings. The van der Waals surface area contributed by atoms with E-state index in [1.165, 1.54) is 51.4 Å². The molecule has 2 heteroatoms. The summed E-state index contributed by atoms with van der Waals surface area (Å²) in [5, 5.41) is -0.195. The molecule has 0 atom stereocenters. The molecule has 20 heavy (non-hydrogen) atoms. The molecule has 0 radical (unpaired) electrons. The second-order valence-corrected chi connectivity index (χ2v) is 5.76. The lowest BCUT2D eigenvalue weighted by Gasteiger charge is -1.99. The Labute approximate surface area is 130 Å². The third-order valence-electron chi connectivity index (χ3n) is 3.32. The maximum Gasteiger partial charge on any atom is 0.221 e. The van der Waals surface area contributed by atoms with Crippen molar-refractivity contribution in [3.63, 3.8) is 0 Å². The van der Waals surface area contributed by atoms with Gasteiger partial charge in [0.25, 0.3) is 0 Å². The highest BCUT2D eigenvalue weighted by atomic mass is 35.5. The van der Waals surface area contributed by atoms with Gasteiger partial charge in [0, 0.05) is 6.42 Å². The molecule has 0 aromatic heterocycles. The van der Waals surface area contributed by atoms with Crippen LogP contribution in [0.4, 0.5) is 0 Å². The molecule has 116 valence electrons. The molecule has 0 aromatic rings. The summed E-state index contributed by atoms with van der Waals surface area (Å²) in [5.74, 6) is 0. The van der Waals surface area contributed by atoms with Crippen LogP contribution >= 0.6 is 11.6 Å². The minimum absolute atomic E-state index is 0.195. The summed E-state index contributed by atoms with van der Waals surface area (Å²) in [6.07, 6.45) is 22.9. The SMILES string of the molecule is CCCC/C=C/C/C=C/CCCCCCCCC(=O)Cl. The third-order valence-corrected chi connectivity index (χ3v) is 3.51. The fourth-order valence-electron chi connectivity index (χ4n) is 2.06. The molecule has 0 rings (SSSR count). The van der Waals surface area contributed by atoms with Crippen LogP contribution in [0.15, 0.2) is 24.3 Å². The molecule has 0 aliphatic carbocycles. The Balaban J connectivity index is 3.15. The first-order valence-corrected chi connectivity index (χ1v) is 8.63. The third kappa shape index (κ3) is 17.4. The van der Waals surface area contributed by atoms with E-state index in [0.717, 1.165) is 19.3 Å². The van der Waals surface area contributed by atoms with Gasteiger partial charge in [-0.15, -0.1) is 0 Å².